The van der Waals surface area contributed by atoms with Gasteiger partial charge in [0.2, 0.25) is 0 Å². The van der Waals surface area contributed by atoms with E-state index in [4.69, 9.17) is 0 Å². The number of nitrogens with zero attached hydrogens (tertiary/aromatic N) is 1. The zero-order valence-corrected chi connectivity index (χ0v) is 9.54. The van der Waals surface area contributed by atoms with Crippen molar-refractivity contribution in [1.82, 2.24) is 9.88 Å². The topological polar surface area (TPSA) is 34.0 Å². The maximum absolute atomic E-state index is 11.9. The van der Waals surface area contributed by atoms with Crippen LogP contribution in [0.4, 0.5) is 0 Å². The predicted octanol–water partition coefficient (Wildman–Crippen LogP) is 0.946. The summed E-state index contributed by atoms with van der Waals surface area (Å²) in [7, 11) is 0. The summed E-state index contributed by atoms with van der Waals surface area (Å²) < 4.78 is 2.03. The molecule has 1 aliphatic carbocycles. The van der Waals surface area contributed by atoms with Gasteiger partial charge in [-0.3, -0.25) is 4.79 Å². The Balaban J connectivity index is 1.93. The van der Waals surface area contributed by atoms with E-state index in [1.165, 1.54) is 24.1 Å². The van der Waals surface area contributed by atoms with Crippen molar-refractivity contribution < 1.29 is 0 Å². The SMILES string of the molecule is O=c1ccc2c(n1CC1CCNC1)CCC2. The number of rotatable bonds is 2. The van der Waals surface area contributed by atoms with Gasteiger partial charge in [0.1, 0.15) is 0 Å². The molecule has 3 heteroatoms. The first-order chi connectivity index (χ1) is 7.84. The summed E-state index contributed by atoms with van der Waals surface area (Å²) in [6.45, 7) is 3.08. The summed E-state index contributed by atoms with van der Waals surface area (Å²) in [6, 6.07) is 3.76. The number of hydrogen-bond acceptors (Lipinski definition) is 2. The largest absolute Gasteiger partial charge is 0.316 e. The first kappa shape index (κ1) is 10.1. The second-order valence-corrected chi connectivity index (χ2v) is 4.97. The van der Waals surface area contributed by atoms with E-state index in [0.717, 1.165) is 32.5 Å². The normalized spacial score (nSPS) is 23.6. The lowest BCUT2D eigenvalue weighted by Gasteiger charge is -2.15. The van der Waals surface area contributed by atoms with Crippen molar-refractivity contribution in [3.63, 3.8) is 0 Å². The molecule has 1 fully saturated rings. The number of nitrogens with one attached hydrogen (secondary N) is 1. The molecule has 2 aliphatic rings. The third-order valence-corrected chi connectivity index (χ3v) is 3.85. The van der Waals surface area contributed by atoms with E-state index in [1.807, 2.05) is 10.6 Å². The molecule has 1 aromatic rings. The van der Waals surface area contributed by atoms with E-state index in [2.05, 4.69) is 5.32 Å². The summed E-state index contributed by atoms with van der Waals surface area (Å²) in [4.78, 5) is 11.9. The zero-order valence-electron chi connectivity index (χ0n) is 9.54. The average Bonchev–Trinajstić information content (AvgIpc) is 2.92. The standard InChI is InChI=1S/C13H18N2O/c16-13-5-4-11-2-1-3-12(11)15(13)9-10-6-7-14-8-10/h4-5,10,14H,1-3,6-9H2. The average molecular weight is 218 g/mol. The minimum atomic E-state index is 0.188. The van der Waals surface area contributed by atoms with Crippen molar-refractivity contribution in [2.75, 3.05) is 13.1 Å². The second-order valence-electron chi connectivity index (χ2n) is 4.97. The molecule has 0 saturated carbocycles. The highest BCUT2D eigenvalue weighted by atomic mass is 16.1. The molecule has 16 heavy (non-hydrogen) atoms. The van der Waals surface area contributed by atoms with Crippen LogP contribution in [0.15, 0.2) is 16.9 Å². The van der Waals surface area contributed by atoms with E-state index in [-0.39, 0.29) is 5.56 Å². The number of pyridine rings is 1. The van der Waals surface area contributed by atoms with Crippen LogP contribution in [-0.4, -0.2) is 17.7 Å². The van der Waals surface area contributed by atoms with Crippen LogP contribution >= 0.6 is 0 Å². The molecule has 1 saturated heterocycles. The van der Waals surface area contributed by atoms with Crippen LogP contribution in [0.1, 0.15) is 24.1 Å². The Morgan fingerprint density at radius 2 is 2.31 bits per heavy atom. The van der Waals surface area contributed by atoms with Crippen LogP contribution < -0.4 is 10.9 Å². The van der Waals surface area contributed by atoms with Crippen molar-refractivity contribution in [2.45, 2.75) is 32.2 Å². The van der Waals surface area contributed by atoms with E-state index in [0.29, 0.717) is 5.92 Å². The van der Waals surface area contributed by atoms with Crippen LogP contribution in [0.3, 0.4) is 0 Å². The fraction of sp³-hybridized carbons (Fsp3) is 0.615. The molecule has 0 spiro atoms. The van der Waals surface area contributed by atoms with E-state index >= 15 is 0 Å². The molecule has 1 unspecified atom stereocenters. The van der Waals surface area contributed by atoms with Crippen LogP contribution in [0.2, 0.25) is 0 Å². The zero-order chi connectivity index (χ0) is 11.0. The number of aromatic nitrogens is 1. The van der Waals surface area contributed by atoms with Gasteiger partial charge in [0.05, 0.1) is 0 Å². The minimum Gasteiger partial charge on any atom is -0.316 e. The van der Waals surface area contributed by atoms with Crippen LogP contribution in [-0.2, 0) is 19.4 Å². The summed E-state index contributed by atoms with van der Waals surface area (Å²) in [5.41, 5.74) is 2.89. The molecule has 0 radical (unpaired) electrons. The smallest absolute Gasteiger partial charge is 0.250 e. The van der Waals surface area contributed by atoms with Gasteiger partial charge in [0.25, 0.3) is 5.56 Å². The maximum atomic E-state index is 11.9. The predicted molar refractivity (Wildman–Crippen MR) is 63.7 cm³/mol. The maximum Gasteiger partial charge on any atom is 0.250 e. The van der Waals surface area contributed by atoms with Crippen LogP contribution in [0.25, 0.3) is 0 Å². The molecular weight excluding hydrogens is 200 g/mol. The third-order valence-electron chi connectivity index (χ3n) is 3.85. The van der Waals surface area contributed by atoms with Crippen molar-refractivity contribution in [2.24, 2.45) is 5.92 Å². The highest BCUT2D eigenvalue weighted by Gasteiger charge is 2.20. The Morgan fingerprint density at radius 3 is 3.12 bits per heavy atom. The van der Waals surface area contributed by atoms with Gasteiger partial charge in [-0.2, -0.15) is 0 Å². The first-order valence-electron chi connectivity index (χ1n) is 6.27. The molecule has 1 aromatic heterocycles. The lowest BCUT2D eigenvalue weighted by molar-refractivity contribution is 0.462. The number of hydrogen-bond donors (Lipinski definition) is 1. The van der Waals surface area contributed by atoms with Gasteiger partial charge in [-0.15, -0.1) is 0 Å². The van der Waals surface area contributed by atoms with Gasteiger partial charge in [-0.1, -0.05) is 6.07 Å². The number of aryl methyl sites for hydroxylation is 1. The number of fused-ring (bicyclic) bond motifs is 1. The Morgan fingerprint density at radius 1 is 1.38 bits per heavy atom. The monoisotopic (exact) mass is 218 g/mol. The molecular formula is C13H18N2O. The van der Waals surface area contributed by atoms with Crippen molar-refractivity contribution in [3.05, 3.63) is 33.7 Å². The van der Waals surface area contributed by atoms with E-state index in [9.17, 15) is 4.79 Å². The third kappa shape index (κ3) is 1.69. The van der Waals surface area contributed by atoms with Gasteiger partial charge in [-0.25, -0.2) is 0 Å². The molecule has 3 nitrogen and oxygen atoms in total. The van der Waals surface area contributed by atoms with Gasteiger partial charge >= 0.3 is 0 Å². The van der Waals surface area contributed by atoms with Gasteiger partial charge in [0.15, 0.2) is 0 Å². The fourth-order valence-corrected chi connectivity index (χ4v) is 2.96. The second kappa shape index (κ2) is 4.06. The van der Waals surface area contributed by atoms with Gasteiger partial charge in [0, 0.05) is 18.3 Å². The summed E-state index contributed by atoms with van der Waals surface area (Å²) >= 11 is 0. The van der Waals surface area contributed by atoms with Crippen LogP contribution in [0.5, 0.6) is 0 Å². The Hall–Kier alpha value is -1.09. The molecule has 3 rings (SSSR count). The lowest BCUT2D eigenvalue weighted by atomic mass is 10.1. The van der Waals surface area contributed by atoms with Crippen molar-refractivity contribution in [3.8, 4) is 0 Å². The fourth-order valence-electron chi connectivity index (χ4n) is 2.96. The van der Waals surface area contributed by atoms with Crippen molar-refractivity contribution in [1.29, 1.82) is 0 Å². The molecule has 0 aromatic carbocycles. The van der Waals surface area contributed by atoms with Crippen molar-refractivity contribution >= 4 is 0 Å². The highest BCUT2D eigenvalue weighted by molar-refractivity contribution is 5.25. The Bertz CT molecular complexity index is 444. The first-order valence-corrected chi connectivity index (χ1v) is 6.27. The van der Waals surface area contributed by atoms with E-state index < -0.39 is 0 Å². The van der Waals surface area contributed by atoms with Gasteiger partial charge in [-0.05, 0) is 50.3 Å². The van der Waals surface area contributed by atoms with E-state index in [1.54, 1.807) is 6.07 Å². The highest BCUT2D eigenvalue weighted by Crippen LogP contribution is 2.21. The summed E-state index contributed by atoms with van der Waals surface area (Å²) in [6.07, 6.45) is 4.65. The molecule has 1 aliphatic heterocycles. The molecule has 2 heterocycles. The van der Waals surface area contributed by atoms with Crippen LogP contribution in [0, 0.1) is 5.92 Å². The van der Waals surface area contributed by atoms with Gasteiger partial charge < -0.3 is 9.88 Å². The molecule has 0 bridgehead atoms. The lowest BCUT2D eigenvalue weighted by Crippen LogP contribution is -2.27. The quantitative estimate of drug-likeness (QED) is 0.802. The molecule has 86 valence electrons. The molecule has 0 amide bonds. The molecule has 1 N–H and O–H groups in total. The summed E-state index contributed by atoms with van der Waals surface area (Å²) in [5, 5.41) is 3.36. The molecule has 1 atom stereocenters. The Kier molecular flexibility index (Phi) is 2.56. The summed E-state index contributed by atoms with van der Waals surface area (Å²) in [5.74, 6) is 0.643. The minimum absolute atomic E-state index is 0.188. The Labute approximate surface area is 95.5 Å².